The van der Waals surface area contributed by atoms with Gasteiger partial charge in [-0.05, 0) is 68.0 Å². The quantitative estimate of drug-likeness (QED) is 0.764. The maximum Gasteiger partial charge on any atom is 0.251 e. The molecular formula is C20H29N3O2. The molecule has 0 bridgehead atoms. The fourth-order valence-corrected chi connectivity index (χ4v) is 4.16. The van der Waals surface area contributed by atoms with Crippen LogP contribution in [0.3, 0.4) is 0 Å². The lowest BCUT2D eigenvalue weighted by atomic mass is 9.82. The lowest BCUT2D eigenvalue weighted by Crippen LogP contribution is -2.43. The second kappa shape index (κ2) is 8.48. The van der Waals surface area contributed by atoms with Crippen LogP contribution in [0, 0.1) is 5.92 Å². The predicted octanol–water partition coefficient (Wildman–Crippen LogP) is 1.93. The van der Waals surface area contributed by atoms with Gasteiger partial charge in [0.15, 0.2) is 0 Å². The number of carbonyl (C=O) groups excluding carboxylic acids is 2. The van der Waals surface area contributed by atoms with Crippen LogP contribution in [0.25, 0.3) is 0 Å². The van der Waals surface area contributed by atoms with E-state index in [1.807, 2.05) is 12.1 Å². The third-order valence-corrected chi connectivity index (χ3v) is 5.57. The zero-order valence-corrected chi connectivity index (χ0v) is 14.9. The maximum absolute atomic E-state index is 12.8. The van der Waals surface area contributed by atoms with Crippen LogP contribution in [-0.2, 0) is 17.6 Å². The molecule has 1 fully saturated rings. The first kappa shape index (κ1) is 17.9. The highest BCUT2D eigenvalue weighted by Crippen LogP contribution is 2.28. The van der Waals surface area contributed by atoms with Crippen LogP contribution in [-0.4, -0.2) is 30.9 Å². The van der Waals surface area contributed by atoms with Crippen LogP contribution in [0.2, 0.25) is 0 Å². The summed E-state index contributed by atoms with van der Waals surface area (Å²) in [7, 11) is 0. The summed E-state index contributed by atoms with van der Waals surface area (Å²) in [6.45, 7) is 1.94. The molecule has 0 saturated heterocycles. The Morgan fingerprint density at radius 1 is 1.12 bits per heavy atom. The lowest BCUT2D eigenvalue weighted by molar-refractivity contribution is -0.118. The summed E-state index contributed by atoms with van der Waals surface area (Å²) in [6, 6.07) is 5.84. The van der Waals surface area contributed by atoms with E-state index in [1.165, 1.54) is 30.4 Å². The van der Waals surface area contributed by atoms with E-state index in [0.29, 0.717) is 11.5 Å². The van der Waals surface area contributed by atoms with Gasteiger partial charge in [-0.1, -0.05) is 25.3 Å². The summed E-state index contributed by atoms with van der Waals surface area (Å²) >= 11 is 0. The number of nitrogens with one attached hydrogen (secondary N) is 2. The van der Waals surface area contributed by atoms with E-state index >= 15 is 0 Å². The molecule has 0 spiro atoms. The molecule has 5 nitrogen and oxygen atoms in total. The third kappa shape index (κ3) is 4.82. The normalized spacial score (nSPS) is 19.5. The number of carbonyl (C=O) groups is 2. The van der Waals surface area contributed by atoms with Gasteiger partial charge in [0.1, 0.15) is 0 Å². The molecule has 1 aromatic rings. The number of hydrogen-bond acceptors (Lipinski definition) is 3. The van der Waals surface area contributed by atoms with E-state index in [4.69, 9.17) is 5.73 Å². The zero-order chi connectivity index (χ0) is 17.6. The Hall–Kier alpha value is -1.88. The van der Waals surface area contributed by atoms with Crippen molar-refractivity contribution < 1.29 is 9.59 Å². The largest absolute Gasteiger partial charge is 0.370 e. The van der Waals surface area contributed by atoms with Gasteiger partial charge in [-0.2, -0.15) is 0 Å². The number of hydrogen-bond donors (Lipinski definition) is 3. The van der Waals surface area contributed by atoms with Crippen molar-refractivity contribution in [1.82, 2.24) is 10.6 Å². The first-order valence-corrected chi connectivity index (χ1v) is 9.55. The third-order valence-electron chi connectivity index (χ3n) is 5.57. The monoisotopic (exact) mass is 343 g/mol. The molecule has 1 heterocycles. The first-order chi connectivity index (χ1) is 12.1. The topological polar surface area (TPSA) is 84.2 Å². The minimum Gasteiger partial charge on any atom is -0.370 e. The van der Waals surface area contributed by atoms with E-state index in [-0.39, 0.29) is 24.3 Å². The number of rotatable bonds is 5. The molecule has 3 rings (SSSR count). The van der Waals surface area contributed by atoms with Crippen LogP contribution >= 0.6 is 0 Å². The number of benzene rings is 1. The molecular weight excluding hydrogens is 314 g/mol. The van der Waals surface area contributed by atoms with Gasteiger partial charge in [0.25, 0.3) is 5.91 Å². The molecule has 25 heavy (non-hydrogen) atoms. The van der Waals surface area contributed by atoms with Crippen LogP contribution in [0.5, 0.6) is 0 Å². The van der Waals surface area contributed by atoms with Gasteiger partial charge in [-0.25, -0.2) is 0 Å². The Labute approximate surface area is 149 Å². The number of primary amides is 1. The Morgan fingerprint density at radius 3 is 2.56 bits per heavy atom. The van der Waals surface area contributed by atoms with Gasteiger partial charge < -0.3 is 16.4 Å². The van der Waals surface area contributed by atoms with Gasteiger partial charge in [0.05, 0.1) is 0 Å². The van der Waals surface area contributed by atoms with Crippen molar-refractivity contribution in [2.75, 3.05) is 13.1 Å². The van der Waals surface area contributed by atoms with Crippen molar-refractivity contribution in [2.24, 2.45) is 11.7 Å². The van der Waals surface area contributed by atoms with E-state index in [0.717, 1.165) is 38.8 Å². The predicted molar refractivity (Wildman–Crippen MR) is 98.4 cm³/mol. The fourth-order valence-electron chi connectivity index (χ4n) is 4.16. The second-order valence-corrected chi connectivity index (χ2v) is 7.38. The van der Waals surface area contributed by atoms with Crippen LogP contribution in [0.1, 0.15) is 60.0 Å². The van der Waals surface area contributed by atoms with Gasteiger partial charge in [0.2, 0.25) is 5.91 Å². The molecule has 1 aliphatic carbocycles. The van der Waals surface area contributed by atoms with E-state index < -0.39 is 0 Å². The van der Waals surface area contributed by atoms with Gasteiger partial charge in [0, 0.05) is 18.0 Å². The molecule has 0 unspecified atom stereocenters. The molecule has 0 radical (unpaired) electrons. The van der Waals surface area contributed by atoms with Gasteiger partial charge in [-0.3, -0.25) is 9.59 Å². The molecule has 1 atom stereocenters. The number of amides is 2. The number of nitrogens with two attached hydrogens (primary N) is 1. The van der Waals surface area contributed by atoms with E-state index in [2.05, 4.69) is 16.7 Å². The lowest BCUT2D eigenvalue weighted by Gasteiger charge is -2.30. The fraction of sp³-hybridized carbons (Fsp3) is 0.600. The highest BCUT2D eigenvalue weighted by molar-refractivity contribution is 5.95. The zero-order valence-electron chi connectivity index (χ0n) is 14.9. The van der Waals surface area contributed by atoms with Crippen molar-refractivity contribution >= 4 is 11.8 Å². The second-order valence-electron chi connectivity index (χ2n) is 7.38. The molecule has 1 aromatic carbocycles. The molecule has 2 aliphatic rings. The summed E-state index contributed by atoms with van der Waals surface area (Å²) in [5, 5.41) is 6.49. The van der Waals surface area contributed by atoms with E-state index in [1.54, 1.807) is 0 Å². The van der Waals surface area contributed by atoms with Crippen LogP contribution < -0.4 is 16.4 Å². The first-order valence-electron chi connectivity index (χ1n) is 9.55. The highest BCUT2D eigenvalue weighted by Gasteiger charge is 2.27. The van der Waals surface area contributed by atoms with Gasteiger partial charge in [-0.15, -0.1) is 0 Å². The Balaban J connectivity index is 1.71. The minimum atomic E-state index is -0.344. The molecule has 2 amide bonds. The van der Waals surface area contributed by atoms with Crippen LogP contribution in [0.15, 0.2) is 18.2 Å². The van der Waals surface area contributed by atoms with Crippen molar-refractivity contribution in [3.8, 4) is 0 Å². The summed E-state index contributed by atoms with van der Waals surface area (Å²) in [6.07, 6.45) is 7.89. The highest BCUT2D eigenvalue weighted by atomic mass is 16.2. The standard InChI is InChI=1S/C20H29N3O2/c21-19(24)13-18(15-4-2-1-3-5-15)23-20(25)17-7-6-14-8-10-22-11-9-16(14)12-17/h6-7,12,15,18,22H,1-5,8-11,13H2,(H2,21,24)(H,23,25)/t18-/m0/s1. The summed E-state index contributed by atoms with van der Waals surface area (Å²) in [4.78, 5) is 24.2. The average Bonchev–Trinajstić information content (AvgIpc) is 2.86. The Bertz CT molecular complexity index is 623. The van der Waals surface area contributed by atoms with Crippen molar-refractivity contribution in [1.29, 1.82) is 0 Å². The smallest absolute Gasteiger partial charge is 0.251 e. The summed E-state index contributed by atoms with van der Waals surface area (Å²) < 4.78 is 0. The van der Waals surface area contributed by atoms with E-state index in [9.17, 15) is 9.59 Å². The van der Waals surface area contributed by atoms with Crippen molar-refractivity contribution in [2.45, 2.75) is 57.4 Å². The Morgan fingerprint density at radius 2 is 1.84 bits per heavy atom. The average molecular weight is 343 g/mol. The van der Waals surface area contributed by atoms with Crippen molar-refractivity contribution in [3.63, 3.8) is 0 Å². The number of fused-ring (bicyclic) bond motifs is 1. The molecule has 1 saturated carbocycles. The molecule has 0 aromatic heterocycles. The molecule has 136 valence electrons. The maximum atomic E-state index is 12.8. The summed E-state index contributed by atoms with van der Waals surface area (Å²) in [5.41, 5.74) is 8.69. The van der Waals surface area contributed by atoms with Crippen LogP contribution in [0.4, 0.5) is 0 Å². The minimum absolute atomic E-state index is 0.0863. The summed E-state index contributed by atoms with van der Waals surface area (Å²) in [5.74, 6) is -0.0732. The van der Waals surface area contributed by atoms with Gasteiger partial charge >= 0.3 is 0 Å². The Kier molecular flexibility index (Phi) is 6.08. The molecule has 5 heteroatoms. The molecule has 4 N–H and O–H groups in total. The molecule has 1 aliphatic heterocycles. The van der Waals surface area contributed by atoms with Crippen molar-refractivity contribution in [3.05, 3.63) is 34.9 Å². The SMILES string of the molecule is NC(=O)C[C@H](NC(=O)c1ccc2c(c1)CCNCC2)C1CCCCC1.